The predicted molar refractivity (Wildman–Crippen MR) is 209 cm³/mol. The molecule has 0 atom stereocenters. The van der Waals surface area contributed by atoms with Crippen LogP contribution in [0.3, 0.4) is 0 Å². The van der Waals surface area contributed by atoms with Gasteiger partial charge in [0.1, 0.15) is 16.4 Å². The van der Waals surface area contributed by atoms with Crippen LogP contribution in [-0.4, -0.2) is 29.5 Å². The number of thiophene rings is 1. The zero-order chi connectivity index (χ0) is 36.2. The summed E-state index contributed by atoms with van der Waals surface area (Å²) in [5.41, 5.74) is 9.25. The molecule has 1 aliphatic carbocycles. The minimum atomic E-state index is -0.0845. The van der Waals surface area contributed by atoms with Crippen molar-refractivity contribution in [2.24, 2.45) is 11.7 Å². The maximum Gasteiger partial charge on any atom is 0.173 e. The number of ether oxygens (including phenoxy) is 1. The summed E-state index contributed by atoms with van der Waals surface area (Å²) in [7, 11) is 1.50. The van der Waals surface area contributed by atoms with Gasteiger partial charge in [-0.15, -0.1) is 11.3 Å². The molecule has 0 unspecified atom stereocenters. The van der Waals surface area contributed by atoms with Crippen molar-refractivity contribution in [2.75, 3.05) is 13.7 Å². The summed E-state index contributed by atoms with van der Waals surface area (Å²) < 4.78 is 6.59. The van der Waals surface area contributed by atoms with Crippen molar-refractivity contribution in [3.63, 3.8) is 0 Å². The lowest BCUT2D eigenvalue weighted by Crippen LogP contribution is -1.99. The highest BCUT2D eigenvalue weighted by molar-refractivity contribution is 7.21. The number of ketones is 1. The first kappa shape index (κ1) is 45.9. The molecule has 264 valence electrons. The highest BCUT2D eigenvalue weighted by Gasteiger charge is 2.13. The second-order valence-corrected chi connectivity index (χ2v) is 11.1. The van der Waals surface area contributed by atoms with E-state index < -0.39 is 0 Å². The molecule has 4 aromatic rings. The van der Waals surface area contributed by atoms with Crippen LogP contribution in [0.15, 0.2) is 60.8 Å². The van der Waals surface area contributed by atoms with E-state index in [1.54, 1.807) is 0 Å². The average Bonchev–Trinajstić information content (AvgIpc) is 3.49. The predicted octanol–water partition coefficient (Wildman–Crippen LogP) is 12.3. The number of hydrogen-bond acceptors (Lipinski definition) is 6. The topological polar surface area (TPSA) is 85.4 Å². The smallest absolute Gasteiger partial charge is 0.173 e. The molecule has 0 saturated heterocycles. The van der Waals surface area contributed by atoms with Crippen molar-refractivity contribution in [3.8, 4) is 22.6 Å². The van der Waals surface area contributed by atoms with E-state index in [0.29, 0.717) is 11.5 Å². The lowest BCUT2D eigenvalue weighted by atomic mass is 9.91. The molecule has 0 aliphatic heterocycles. The van der Waals surface area contributed by atoms with Gasteiger partial charge in [-0.2, -0.15) is 0 Å². The Morgan fingerprint density at radius 1 is 0.872 bits per heavy atom. The highest BCUT2D eigenvalue weighted by Crippen LogP contribution is 2.36. The van der Waals surface area contributed by atoms with Gasteiger partial charge in [-0.3, -0.25) is 9.78 Å². The average molecular weight is 667 g/mol. The number of benzene rings is 2. The number of hydrogen-bond donors (Lipinski definition) is 2. The molecule has 0 spiro atoms. The Morgan fingerprint density at radius 3 is 1.91 bits per heavy atom. The SMILES string of the molecule is CC.CC.CC.CC(=O)c1sc2ccccc2c1O.CC1CCCCC1.CCOc1ccc(-c2ccc(CC)nc2)cc1CC.CN. The van der Waals surface area contributed by atoms with Crippen molar-refractivity contribution in [1.82, 2.24) is 4.98 Å². The Balaban J connectivity index is 0. The fourth-order valence-electron chi connectivity index (χ4n) is 4.71. The summed E-state index contributed by atoms with van der Waals surface area (Å²) in [6, 6.07) is 18.0. The number of pyridine rings is 1. The monoisotopic (exact) mass is 666 g/mol. The number of aromatic hydroxyl groups is 1. The molecule has 5 rings (SSSR count). The molecule has 1 saturated carbocycles. The molecule has 6 heteroatoms. The minimum absolute atomic E-state index is 0.0845. The third-order valence-electron chi connectivity index (χ3n) is 7.04. The van der Waals surface area contributed by atoms with Crippen molar-refractivity contribution < 1.29 is 14.6 Å². The first-order valence-corrected chi connectivity index (χ1v) is 18.7. The molecule has 1 aliphatic rings. The van der Waals surface area contributed by atoms with Crippen LogP contribution in [0.5, 0.6) is 11.5 Å². The Morgan fingerprint density at radius 2 is 1.47 bits per heavy atom. The van der Waals surface area contributed by atoms with E-state index in [4.69, 9.17) is 4.74 Å². The van der Waals surface area contributed by atoms with Gasteiger partial charge in [0, 0.05) is 34.5 Å². The van der Waals surface area contributed by atoms with Gasteiger partial charge < -0.3 is 15.6 Å². The van der Waals surface area contributed by atoms with Gasteiger partial charge in [0.15, 0.2) is 5.78 Å². The largest absolute Gasteiger partial charge is 0.506 e. The van der Waals surface area contributed by atoms with Crippen LogP contribution in [0.1, 0.15) is 129 Å². The molecule has 0 bridgehead atoms. The number of aromatic nitrogens is 1. The minimum Gasteiger partial charge on any atom is -0.506 e. The van der Waals surface area contributed by atoms with Gasteiger partial charge >= 0.3 is 0 Å². The molecule has 0 radical (unpaired) electrons. The number of rotatable bonds is 6. The summed E-state index contributed by atoms with van der Waals surface area (Å²) in [6.45, 7) is 22.8. The van der Waals surface area contributed by atoms with Crippen LogP contribution < -0.4 is 10.5 Å². The summed E-state index contributed by atoms with van der Waals surface area (Å²) in [6.07, 6.45) is 11.3. The Bertz CT molecular complexity index is 1330. The first-order chi connectivity index (χ1) is 22.9. The second-order valence-electron chi connectivity index (χ2n) is 10.1. The van der Waals surface area contributed by atoms with Crippen molar-refractivity contribution in [3.05, 3.63) is 76.9 Å². The van der Waals surface area contributed by atoms with Crippen LogP contribution in [0, 0.1) is 5.92 Å². The van der Waals surface area contributed by atoms with Gasteiger partial charge in [0.2, 0.25) is 0 Å². The van der Waals surface area contributed by atoms with E-state index in [1.807, 2.05) is 78.9 Å². The molecular formula is C41H66N2O3S. The molecule has 3 N–H and O–H groups in total. The van der Waals surface area contributed by atoms with Gasteiger partial charge in [0.05, 0.1) is 6.61 Å². The summed E-state index contributed by atoms with van der Waals surface area (Å²) in [5, 5.41) is 10.4. The molecule has 5 nitrogen and oxygen atoms in total. The third-order valence-corrected chi connectivity index (χ3v) is 8.31. The zero-order valence-corrected chi connectivity index (χ0v) is 32.5. The normalized spacial score (nSPS) is 11.4. The lowest BCUT2D eigenvalue weighted by molar-refractivity contribution is 0.101. The number of Topliss-reactive ketones (excluding diaryl/α,β-unsaturated/α-hetero) is 1. The van der Waals surface area contributed by atoms with Crippen LogP contribution in [0.2, 0.25) is 0 Å². The van der Waals surface area contributed by atoms with Gasteiger partial charge in [-0.25, -0.2) is 0 Å². The number of nitrogens with two attached hydrogens (primary N) is 1. The van der Waals surface area contributed by atoms with Crippen LogP contribution in [0.25, 0.3) is 21.2 Å². The maximum atomic E-state index is 11.1. The van der Waals surface area contributed by atoms with E-state index in [2.05, 4.69) is 61.8 Å². The second kappa shape index (κ2) is 29.0. The Labute approximate surface area is 292 Å². The van der Waals surface area contributed by atoms with E-state index in [1.165, 1.54) is 68.5 Å². The van der Waals surface area contributed by atoms with Crippen molar-refractivity contribution >= 4 is 27.2 Å². The fraction of sp³-hybridized carbons (Fsp3) is 0.512. The number of carbonyl (C=O) groups excluding carboxylic acids is 1. The molecular weight excluding hydrogens is 601 g/mol. The van der Waals surface area contributed by atoms with Crippen LogP contribution in [-0.2, 0) is 12.8 Å². The van der Waals surface area contributed by atoms with E-state index >= 15 is 0 Å². The zero-order valence-electron chi connectivity index (χ0n) is 31.7. The van der Waals surface area contributed by atoms with Gasteiger partial charge in [-0.05, 0) is 74.2 Å². The number of carbonyl (C=O) groups is 1. The number of fused-ring (bicyclic) bond motifs is 1. The van der Waals surface area contributed by atoms with Crippen molar-refractivity contribution in [1.29, 1.82) is 0 Å². The third kappa shape index (κ3) is 16.4. The highest BCUT2D eigenvalue weighted by atomic mass is 32.1. The molecule has 0 amide bonds. The van der Waals surface area contributed by atoms with Crippen molar-refractivity contribution in [2.45, 2.75) is 121 Å². The molecule has 1 fully saturated rings. The van der Waals surface area contributed by atoms with E-state index in [0.717, 1.165) is 45.9 Å². The summed E-state index contributed by atoms with van der Waals surface area (Å²) >= 11 is 1.33. The fourth-order valence-corrected chi connectivity index (χ4v) is 5.70. The van der Waals surface area contributed by atoms with E-state index in [-0.39, 0.29) is 11.5 Å². The number of nitrogens with zero attached hydrogens (tertiary/aromatic N) is 1. The van der Waals surface area contributed by atoms with E-state index in [9.17, 15) is 9.90 Å². The molecule has 2 aromatic carbocycles. The molecule has 2 aromatic heterocycles. The quantitative estimate of drug-likeness (QED) is 0.200. The Kier molecular flexibility index (Phi) is 28.3. The molecule has 47 heavy (non-hydrogen) atoms. The van der Waals surface area contributed by atoms with Crippen LogP contribution >= 0.6 is 11.3 Å². The molecule has 2 heterocycles. The maximum absolute atomic E-state index is 11.1. The standard InChI is InChI=1S/C17H21NO.C10H8O2S.C7H14.3C2H6.CH5N/c1-4-13-11-14(8-10-17(13)19-6-3)15-7-9-16(5-2)18-12-15;1-6(11)10-9(12)7-4-2-3-5-8(7)13-10;1-7-5-3-2-4-6-7;4*1-2/h7-12H,4-6H2,1-3H3;2-5,12H,1H3;7H,2-6H2,1H3;3*1-2H3;2H2,1H3. The Hall–Kier alpha value is -3.22. The lowest BCUT2D eigenvalue weighted by Gasteiger charge is -2.15. The van der Waals surface area contributed by atoms with Gasteiger partial charge in [0.25, 0.3) is 0 Å². The summed E-state index contributed by atoms with van der Waals surface area (Å²) in [4.78, 5) is 16.0. The first-order valence-electron chi connectivity index (χ1n) is 17.9. The van der Waals surface area contributed by atoms with Crippen LogP contribution in [0.4, 0.5) is 0 Å². The van der Waals surface area contributed by atoms with Gasteiger partial charge in [-0.1, -0.05) is 119 Å². The summed E-state index contributed by atoms with van der Waals surface area (Å²) in [5.74, 6) is 2.06. The number of aryl methyl sites for hydroxylation is 2.